The molecule has 0 atom stereocenters. The van der Waals surface area contributed by atoms with Crippen LogP contribution < -0.4 is 4.74 Å². The van der Waals surface area contributed by atoms with E-state index in [9.17, 15) is 5.26 Å². The quantitative estimate of drug-likeness (QED) is 0.386. The summed E-state index contributed by atoms with van der Waals surface area (Å²) in [5, 5.41) is 9.93. The first-order valence-electron chi connectivity index (χ1n) is 9.16. The second-order valence-corrected chi connectivity index (χ2v) is 6.36. The highest BCUT2D eigenvalue weighted by atomic mass is 16.5. The summed E-state index contributed by atoms with van der Waals surface area (Å²) in [6, 6.07) is 29.2. The molecule has 0 amide bonds. The summed E-state index contributed by atoms with van der Waals surface area (Å²) in [6.07, 6.45) is 1.74. The highest BCUT2D eigenvalue weighted by molar-refractivity contribution is 5.89. The van der Waals surface area contributed by atoms with Crippen molar-refractivity contribution in [1.29, 1.82) is 5.26 Å². The Hall–Kier alpha value is -4.10. The molecule has 0 aliphatic carbocycles. The Morgan fingerprint density at radius 2 is 1.52 bits per heavy atom. The van der Waals surface area contributed by atoms with Crippen molar-refractivity contribution in [3.63, 3.8) is 0 Å². The minimum atomic E-state index is 0.398. The first kappa shape index (κ1) is 18.3. The van der Waals surface area contributed by atoms with Crippen molar-refractivity contribution in [2.45, 2.75) is 0 Å². The van der Waals surface area contributed by atoms with E-state index in [1.807, 2.05) is 84.9 Å². The Bertz CT molecular complexity index is 1170. The zero-order chi connectivity index (χ0) is 20.1. The molecule has 0 fully saturated rings. The van der Waals surface area contributed by atoms with Gasteiger partial charge in [0.1, 0.15) is 17.4 Å². The molecule has 0 aliphatic rings. The molecule has 4 rings (SSSR count). The summed E-state index contributed by atoms with van der Waals surface area (Å²) in [5.74, 6) is 1.65. The lowest BCUT2D eigenvalue weighted by Gasteiger charge is -2.03. The number of methoxy groups -OCH3 is 1. The van der Waals surface area contributed by atoms with Crippen LogP contribution in [0, 0.1) is 11.3 Å². The Balaban J connectivity index is 1.89. The molecule has 4 heteroatoms. The number of hydrogen-bond donors (Lipinski definition) is 0. The number of nitrogens with zero attached hydrogens (tertiary/aromatic N) is 2. The average Bonchev–Trinajstić information content (AvgIpc) is 3.17. The van der Waals surface area contributed by atoms with E-state index < -0.39 is 0 Å². The third-order valence-electron chi connectivity index (χ3n) is 4.55. The highest BCUT2D eigenvalue weighted by Gasteiger charge is 2.22. The third-order valence-corrected chi connectivity index (χ3v) is 4.55. The number of benzene rings is 3. The maximum Gasteiger partial charge on any atom is 0.228 e. The maximum atomic E-state index is 9.93. The van der Waals surface area contributed by atoms with Gasteiger partial charge in [-0.25, -0.2) is 4.99 Å². The maximum absolute atomic E-state index is 9.93. The van der Waals surface area contributed by atoms with Crippen molar-refractivity contribution in [1.82, 2.24) is 0 Å². The Morgan fingerprint density at radius 1 is 0.862 bits per heavy atom. The van der Waals surface area contributed by atoms with Crippen LogP contribution in [0.5, 0.6) is 5.75 Å². The van der Waals surface area contributed by atoms with Crippen LogP contribution in [0.1, 0.15) is 11.1 Å². The van der Waals surface area contributed by atoms with E-state index in [-0.39, 0.29) is 0 Å². The van der Waals surface area contributed by atoms with Crippen LogP contribution in [0.25, 0.3) is 22.5 Å². The molecular weight excluding hydrogens is 360 g/mol. The molecule has 0 bridgehead atoms. The topological polar surface area (TPSA) is 58.5 Å². The molecule has 140 valence electrons. The third kappa shape index (κ3) is 3.80. The summed E-state index contributed by atoms with van der Waals surface area (Å²) in [6.45, 7) is 0. The zero-order valence-corrected chi connectivity index (χ0v) is 15.9. The van der Waals surface area contributed by atoms with Gasteiger partial charge in [-0.2, -0.15) is 5.26 Å². The fourth-order valence-electron chi connectivity index (χ4n) is 3.11. The highest BCUT2D eigenvalue weighted by Crippen LogP contribution is 2.42. The van der Waals surface area contributed by atoms with Gasteiger partial charge in [0.2, 0.25) is 5.88 Å². The van der Waals surface area contributed by atoms with Crippen LogP contribution in [0.2, 0.25) is 0 Å². The van der Waals surface area contributed by atoms with Gasteiger partial charge in [-0.1, -0.05) is 72.8 Å². The molecule has 0 N–H and O–H groups in total. The molecule has 4 aromatic rings. The fraction of sp³-hybridized carbons (Fsp3) is 0.0400. The van der Waals surface area contributed by atoms with Crippen molar-refractivity contribution in [3.05, 3.63) is 96.1 Å². The lowest BCUT2D eigenvalue weighted by atomic mass is 10.00. The standard InChI is InChI=1S/C25H18N2O2/c1-28-21-14-12-19(13-15-21)23-22(16-26)24(20-10-6-3-7-11-20)29-25(23)27-17-18-8-4-2-5-9-18/h2-15,17H,1H3/b27-17+. The van der Waals surface area contributed by atoms with Gasteiger partial charge in [0.25, 0.3) is 0 Å². The minimum Gasteiger partial charge on any atom is -0.497 e. The van der Waals surface area contributed by atoms with Crippen LogP contribution in [-0.4, -0.2) is 13.3 Å². The fourth-order valence-corrected chi connectivity index (χ4v) is 3.11. The molecule has 1 aromatic heterocycles. The summed E-state index contributed by atoms with van der Waals surface area (Å²) < 4.78 is 11.4. The molecule has 0 saturated heterocycles. The summed E-state index contributed by atoms with van der Waals surface area (Å²) in [5.41, 5.74) is 3.75. The first-order valence-corrected chi connectivity index (χ1v) is 9.16. The number of nitriles is 1. The van der Waals surface area contributed by atoms with E-state index in [4.69, 9.17) is 9.15 Å². The van der Waals surface area contributed by atoms with Gasteiger partial charge < -0.3 is 9.15 Å². The van der Waals surface area contributed by atoms with Crippen molar-refractivity contribution < 1.29 is 9.15 Å². The van der Waals surface area contributed by atoms with Crippen LogP contribution in [0.4, 0.5) is 5.88 Å². The number of aliphatic imine (C=N–C) groups is 1. The van der Waals surface area contributed by atoms with E-state index in [2.05, 4.69) is 11.1 Å². The van der Waals surface area contributed by atoms with Crippen molar-refractivity contribution in [2.75, 3.05) is 7.11 Å². The van der Waals surface area contributed by atoms with E-state index >= 15 is 0 Å². The van der Waals surface area contributed by atoms with E-state index in [1.54, 1.807) is 13.3 Å². The first-order chi connectivity index (χ1) is 14.3. The van der Waals surface area contributed by atoms with Crippen LogP contribution in [-0.2, 0) is 0 Å². The normalized spacial score (nSPS) is 10.8. The Labute approximate surface area is 169 Å². The van der Waals surface area contributed by atoms with Gasteiger partial charge in [-0.15, -0.1) is 0 Å². The molecule has 0 radical (unpaired) electrons. The molecule has 3 aromatic carbocycles. The van der Waals surface area contributed by atoms with Gasteiger partial charge in [-0.3, -0.25) is 0 Å². The summed E-state index contributed by atoms with van der Waals surface area (Å²) in [4.78, 5) is 4.58. The Kier molecular flexibility index (Phi) is 5.22. The van der Waals surface area contributed by atoms with E-state index in [0.717, 1.165) is 22.4 Å². The van der Waals surface area contributed by atoms with Gasteiger partial charge in [0.05, 0.1) is 12.7 Å². The van der Waals surface area contributed by atoms with Gasteiger partial charge in [0, 0.05) is 11.8 Å². The van der Waals surface area contributed by atoms with Gasteiger partial charge in [0.15, 0.2) is 5.76 Å². The second kappa shape index (κ2) is 8.28. The Morgan fingerprint density at radius 3 is 2.14 bits per heavy atom. The number of furan rings is 1. The molecule has 4 nitrogen and oxygen atoms in total. The van der Waals surface area contributed by atoms with Gasteiger partial charge in [-0.05, 0) is 23.3 Å². The SMILES string of the molecule is COc1ccc(-c2c(/N=C/c3ccccc3)oc(-c3ccccc3)c2C#N)cc1. The van der Waals surface area contributed by atoms with E-state index in [1.165, 1.54) is 0 Å². The number of hydrogen-bond acceptors (Lipinski definition) is 4. The molecule has 1 heterocycles. The number of ether oxygens (including phenoxy) is 1. The van der Waals surface area contributed by atoms with Crippen molar-refractivity contribution in [2.24, 2.45) is 4.99 Å². The van der Waals surface area contributed by atoms with E-state index in [0.29, 0.717) is 22.8 Å². The second-order valence-electron chi connectivity index (χ2n) is 6.36. The average molecular weight is 378 g/mol. The minimum absolute atomic E-state index is 0.398. The smallest absolute Gasteiger partial charge is 0.228 e. The van der Waals surface area contributed by atoms with Crippen LogP contribution in [0.3, 0.4) is 0 Å². The van der Waals surface area contributed by atoms with Gasteiger partial charge >= 0.3 is 0 Å². The number of rotatable bonds is 5. The monoisotopic (exact) mass is 378 g/mol. The predicted octanol–water partition coefficient (Wildman–Crippen LogP) is 6.24. The van der Waals surface area contributed by atoms with Crippen molar-refractivity contribution in [3.8, 4) is 34.3 Å². The molecule has 29 heavy (non-hydrogen) atoms. The lowest BCUT2D eigenvalue weighted by Crippen LogP contribution is -1.85. The molecule has 0 spiro atoms. The molecular formula is C25H18N2O2. The molecule has 0 saturated carbocycles. The lowest BCUT2D eigenvalue weighted by molar-refractivity contribution is 0.415. The van der Waals surface area contributed by atoms with Crippen LogP contribution >= 0.6 is 0 Å². The molecule has 0 aliphatic heterocycles. The van der Waals surface area contributed by atoms with Crippen LogP contribution in [0.15, 0.2) is 94.3 Å². The molecule has 0 unspecified atom stereocenters. The predicted molar refractivity (Wildman–Crippen MR) is 115 cm³/mol. The largest absolute Gasteiger partial charge is 0.497 e. The summed E-state index contributed by atoms with van der Waals surface area (Å²) in [7, 11) is 1.62. The zero-order valence-electron chi connectivity index (χ0n) is 15.9. The van der Waals surface area contributed by atoms with Crippen molar-refractivity contribution >= 4 is 12.1 Å². The summed E-state index contributed by atoms with van der Waals surface area (Å²) >= 11 is 0.